The highest BCUT2D eigenvalue weighted by atomic mass is 16.3. The predicted molar refractivity (Wildman–Crippen MR) is 71.4 cm³/mol. The molecular formula is C15H14N2O. The highest BCUT2D eigenvalue weighted by Gasteiger charge is 2.15. The molecule has 0 amide bonds. The second-order valence-corrected chi connectivity index (χ2v) is 4.20. The second kappa shape index (κ2) is 4.63. The van der Waals surface area contributed by atoms with E-state index in [1.54, 1.807) is 6.26 Å². The van der Waals surface area contributed by atoms with E-state index in [-0.39, 0.29) is 6.04 Å². The van der Waals surface area contributed by atoms with E-state index in [0.717, 1.165) is 22.2 Å². The van der Waals surface area contributed by atoms with E-state index >= 15 is 0 Å². The van der Waals surface area contributed by atoms with Crippen LogP contribution < -0.4 is 5.32 Å². The number of hydrogen-bond acceptors (Lipinski definition) is 3. The Morgan fingerprint density at radius 3 is 2.83 bits per heavy atom. The van der Waals surface area contributed by atoms with Gasteiger partial charge in [0, 0.05) is 11.6 Å². The van der Waals surface area contributed by atoms with E-state index in [4.69, 9.17) is 4.42 Å². The Morgan fingerprint density at radius 2 is 2.06 bits per heavy atom. The number of pyridine rings is 1. The van der Waals surface area contributed by atoms with Gasteiger partial charge in [-0.3, -0.25) is 4.98 Å². The van der Waals surface area contributed by atoms with E-state index in [1.807, 2.05) is 43.6 Å². The van der Waals surface area contributed by atoms with Gasteiger partial charge in [-0.25, -0.2) is 0 Å². The third kappa shape index (κ3) is 1.89. The molecule has 18 heavy (non-hydrogen) atoms. The van der Waals surface area contributed by atoms with Gasteiger partial charge in [0.1, 0.15) is 5.76 Å². The molecule has 0 spiro atoms. The molecule has 2 heterocycles. The summed E-state index contributed by atoms with van der Waals surface area (Å²) in [7, 11) is 1.92. The molecule has 3 heteroatoms. The fourth-order valence-electron chi connectivity index (χ4n) is 2.17. The van der Waals surface area contributed by atoms with Gasteiger partial charge in [-0.1, -0.05) is 18.2 Å². The van der Waals surface area contributed by atoms with Crippen LogP contribution in [0.3, 0.4) is 0 Å². The van der Waals surface area contributed by atoms with Crippen LogP contribution >= 0.6 is 0 Å². The number of furan rings is 1. The fraction of sp³-hybridized carbons (Fsp3) is 0.133. The fourth-order valence-corrected chi connectivity index (χ4v) is 2.17. The van der Waals surface area contributed by atoms with Gasteiger partial charge in [-0.05, 0) is 36.9 Å². The molecule has 1 N–H and O–H groups in total. The number of aromatic nitrogens is 1. The van der Waals surface area contributed by atoms with E-state index < -0.39 is 0 Å². The Bertz CT molecular complexity index is 646. The van der Waals surface area contributed by atoms with Crippen molar-refractivity contribution in [1.29, 1.82) is 0 Å². The van der Waals surface area contributed by atoms with Gasteiger partial charge in [0.15, 0.2) is 0 Å². The average Bonchev–Trinajstić information content (AvgIpc) is 2.93. The molecule has 90 valence electrons. The van der Waals surface area contributed by atoms with Crippen LogP contribution in [0.15, 0.2) is 59.3 Å². The topological polar surface area (TPSA) is 38.1 Å². The summed E-state index contributed by atoms with van der Waals surface area (Å²) in [5.74, 6) is 0.898. The van der Waals surface area contributed by atoms with Crippen LogP contribution in [0.25, 0.3) is 10.9 Å². The van der Waals surface area contributed by atoms with Crippen molar-refractivity contribution in [3.05, 3.63) is 66.2 Å². The highest BCUT2D eigenvalue weighted by Crippen LogP contribution is 2.24. The molecule has 0 bridgehead atoms. The van der Waals surface area contributed by atoms with Crippen molar-refractivity contribution < 1.29 is 4.42 Å². The van der Waals surface area contributed by atoms with Crippen LogP contribution in [0, 0.1) is 0 Å². The molecule has 1 aromatic carbocycles. The molecular weight excluding hydrogens is 224 g/mol. The normalized spacial score (nSPS) is 12.7. The molecule has 3 rings (SSSR count). The van der Waals surface area contributed by atoms with Crippen LogP contribution in [-0.4, -0.2) is 12.0 Å². The first kappa shape index (κ1) is 11.0. The maximum atomic E-state index is 5.46. The molecule has 0 aliphatic rings. The smallest absolute Gasteiger partial charge is 0.125 e. The van der Waals surface area contributed by atoms with E-state index in [1.165, 1.54) is 0 Å². The Kier molecular flexibility index (Phi) is 2.82. The first-order valence-corrected chi connectivity index (χ1v) is 5.94. The minimum Gasteiger partial charge on any atom is -0.467 e. The molecule has 1 atom stereocenters. The maximum Gasteiger partial charge on any atom is 0.125 e. The molecule has 0 fully saturated rings. The molecule has 2 aromatic heterocycles. The van der Waals surface area contributed by atoms with Crippen molar-refractivity contribution in [2.45, 2.75) is 6.04 Å². The number of nitrogens with one attached hydrogen (secondary N) is 1. The Morgan fingerprint density at radius 1 is 1.17 bits per heavy atom. The lowest BCUT2D eigenvalue weighted by Crippen LogP contribution is -2.17. The van der Waals surface area contributed by atoms with Gasteiger partial charge < -0.3 is 9.73 Å². The SMILES string of the molecule is CNC(c1cnc2ccccc2c1)c1ccco1. The van der Waals surface area contributed by atoms with Crippen molar-refractivity contribution in [3.8, 4) is 0 Å². The van der Waals surface area contributed by atoms with Crippen LogP contribution in [0.4, 0.5) is 0 Å². The van der Waals surface area contributed by atoms with Crippen molar-refractivity contribution in [2.24, 2.45) is 0 Å². The van der Waals surface area contributed by atoms with Gasteiger partial charge in [-0.15, -0.1) is 0 Å². The summed E-state index contributed by atoms with van der Waals surface area (Å²) in [6.07, 6.45) is 3.58. The van der Waals surface area contributed by atoms with Crippen molar-refractivity contribution in [3.63, 3.8) is 0 Å². The Balaban J connectivity index is 2.07. The van der Waals surface area contributed by atoms with Crippen LogP contribution in [0.1, 0.15) is 17.4 Å². The van der Waals surface area contributed by atoms with Crippen molar-refractivity contribution in [1.82, 2.24) is 10.3 Å². The number of benzene rings is 1. The third-order valence-corrected chi connectivity index (χ3v) is 3.06. The van der Waals surface area contributed by atoms with Crippen LogP contribution in [0.2, 0.25) is 0 Å². The molecule has 3 nitrogen and oxygen atoms in total. The largest absolute Gasteiger partial charge is 0.467 e. The van der Waals surface area contributed by atoms with Crippen molar-refractivity contribution in [2.75, 3.05) is 7.05 Å². The summed E-state index contributed by atoms with van der Waals surface area (Å²) >= 11 is 0. The van der Waals surface area contributed by atoms with Gasteiger partial charge in [-0.2, -0.15) is 0 Å². The zero-order valence-corrected chi connectivity index (χ0v) is 10.1. The number of fused-ring (bicyclic) bond motifs is 1. The monoisotopic (exact) mass is 238 g/mol. The molecule has 3 aromatic rings. The number of hydrogen-bond donors (Lipinski definition) is 1. The molecule has 0 radical (unpaired) electrons. The Hall–Kier alpha value is -2.13. The van der Waals surface area contributed by atoms with Crippen LogP contribution in [-0.2, 0) is 0 Å². The van der Waals surface area contributed by atoms with Gasteiger partial charge in [0.25, 0.3) is 0 Å². The summed E-state index contributed by atoms with van der Waals surface area (Å²) < 4.78 is 5.46. The summed E-state index contributed by atoms with van der Waals surface area (Å²) in [4.78, 5) is 4.48. The lowest BCUT2D eigenvalue weighted by molar-refractivity contribution is 0.463. The third-order valence-electron chi connectivity index (χ3n) is 3.06. The molecule has 1 unspecified atom stereocenters. The predicted octanol–water partition coefficient (Wildman–Crippen LogP) is 3.14. The first-order valence-electron chi connectivity index (χ1n) is 5.94. The lowest BCUT2D eigenvalue weighted by atomic mass is 10.0. The number of rotatable bonds is 3. The molecule has 0 saturated carbocycles. The summed E-state index contributed by atoms with van der Waals surface area (Å²) in [6, 6.07) is 14.2. The van der Waals surface area contributed by atoms with Gasteiger partial charge in [0.2, 0.25) is 0 Å². The maximum absolute atomic E-state index is 5.46. The van der Waals surface area contributed by atoms with E-state index in [9.17, 15) is 0 Å². The number of nitrogens with zero attached hydrogens (tertiary/aromatic N) is 1. The summed E-state index contributed by atoms with van der Waals surface area (Å²) in [6.45, 7) is 0. The molecule has 0 saturated heterocycles. The summed E-state index contributed by atoms with van der Waals surface area (Å²) in [5, 5.41) is 4.39. The van der Waals surface area contributed by atoms with Gasteiger partial charge >= 0.3 is 0 Å². The highest BCUT2D eigenvalue weighted by molar-refractivity contribution is 5.78. The van der Waals surface area contributed by atoms with Gasteiger partial charge in [0.05, 0.1) is 17.8 Å². The van der Waals surface area contributed by atoms with E-state index in [2.05, 4.69) is 22.4 Å². The quantitative estimate of drug-likeness (QED) is 0.761. The first-order chi connectivity index (χ1) is 8.88. The second-order valence-electron chi connectivity index (χ2n) is 4.20. The van der Waals surface area contributed by atoms with Crippen molar-refractivity contribution >= 4 is 10.9 Å². The average molecular weight is 238 g/mol. The minimum atomic E-state index is 0.0390. The molecule has 0 aliphatic carbocycles. The number of para-hydroxylation sites is 1. The van der Waals surface area contributed by atoms with E-state index in [0.29, 0.717) is 0 Å². The lowest BCUT2D eigenvalue weighted by Gasteiger charge is -2.14. The zero-order valence-electron chi connectivity index (χ0n) is 10.1. The summed E-state index contributed by atoms with van der Waals surface area (Å²) in [5.41, 5.74) is 2.11. The Labute approximate surface area is 105 Å². The zero-order chi connectivity index (χ0) is 12.4. The standard InChI is InChI=1S/C15H14N2O/c1-16-15(14-7-4-8-18-14)12-9-11-5-2-3-6-13(11)17-10-12/h2-10,15-16H,1H3. The minimum absolute atomic E-state index is 0.0390. The van der Waals surface area contributed by atoms with Crippen LogP contribution in [0.5, 0.6) is 0 Å². The molecule has 0 aliphatic heterocycles.